The van der Waals surface area contributed by atoms with Crippen molar-refractivity contribution in [2.75, 3.05) is 43.1 Å². The molecular weight excluding hydrogens is 472 g/mol. The van der Waals surface area contributed by atoms with Gasteiger partial charge >= 0.3 is 5.97 Å². The van der Waals surface area contributed by atoms with Gasteiger partial charge in [0.2, 0.25) is 0 Å². The van der Waals surface area contributed by atoms with Crippen LogP contribution in [-0.4, -0.2) is 44.8 Å². The molecule has 1 aliphatic heterocycles. The van der Waals surface area contributed by atoms with Gasteiger partial charge in [0, 0.05) is 28.8 Å². The number of esters is 1. The van der Waals surface area contributed by atoms with Crippen LogP contribution in [0.15, 0.2) is 59.1 Å². The molecule has 1 fully saturated rings. The third kappa shape index (κ3) is 4.79. The zero-order valence-electron chi connectivity index (χ0n) is 17.9. The first-order valence-corrected chi connectivity index (χ1v) is 11.5. The normalized spacial score (nSPS) is 13.8. The molecule has 0 saturated carbocycles. The predicted octanol–water partition coefficient (Wildman–Crippen LogP) is 5.26. The van der Waals surface area contributed by atoms with Crippen molar-refractivity contribution in [2.45, 2.75) is 13.3 Å². The summed E-state index contributed by atoms with van der Waals surface area (Å²) in [5.74, 6) is -0.626. The van der Waals surface area contributed by atoms with E-state index in [9.17, 15) is 9.59 Å². The fraction of sp³-hybridized carbons (Fsp3) is 0.280. The Morgan fingerprint density at radius 3 is 2.56 bits per heavy atom. The lowest BCUT2D eigenvalue weighted by Gasteiger charge is -2.30. The van der Waals surface area contributed by atoms with Gasteiger partial charge < -0.3 is 19.7 Å². The molecule has 0 atom stereocenters. The second kappa shape index (κ2) is 10.1. The summed E-state index contributed by atoms with van der Waals surface area (Å²) in [4.78, 5) is 28.0. The summed E-state index contributed by atoms with van der Waals surface area (Å²) in [7, 11) is 0. The number of benzene rings is 3. The molecule has 0 bridgehead atoms. The van der Waals surface area contributed by atoms with E-state index in [4.69, 9.17) is 9.47 Å². The van der Waals surface area contributed by atoms with Crippen LogP contribution >= 0.6 is 15.9 Å². The second-order valence-corrected chi connectivity index (χ2v) is 8.42. The zero-order valence-corrected chi connectivity index (χ0v) is 19.5. The molecule has 3 aromatic carbocycles. The lowest BCUT2D eigenvalue weighted by Crippen LogP contribution is -2.37. The average Bonchev–Trinajstić information content (AvgIpc) is 2.83. The SMILES string of the molecule is CCCOC(=O)c1cc(NC(=O)c2cccc3c(Br)cccc23)ccc1N1CCOCC1. The van der Waals surface area contributed by atoms with Crippen molar-refractivity contribution in [3.8, 4) is 0 Å². The molecular formula is C25H25BrN2O4. The van der Waals surface area contributed by atoms with E-state index in [-0.39, 0.29) is 5.91 Å². The number of amides is 1. The Balaban J connectivity index is 1.64. The Labute approximate surface area is 195 Å². The van der Waals surface area contributed by atoms with E-state index < -0.39 is 5.97 Å². The number of rotatable bonds is 6. The maximum Gasteiger partial charge on any atom is 0.340 e. The highest BCUT2D eigenvalue weighted by Crippen LogP contribution is 2.29. The van der Waals surface area contributed by atoms with Crippen molar-refractivity contribution in [1.29, 1.82) is 0 Å². The first-order chi connectivity index (χ1) is 15.6. The molecule has 0 aromatic heterocycles. The van der Waals surface area contributed by atoms with Crippen LogP contribution in [0.1, 0.15) is 34.1 Å². The summed E-state index contributed by atoms with van der Waals surface area (Å²) >= 11 is 3.54. The summed E-state index contributed by atoms with van der Waals surface area (Å²) in [6.07, 6.45) is 0.742. The van der Waals surface area contributed by atoms with E-state index in [0.717, 1.165) is 27.4 Å². The first kappa shape index (κ1) is 22.3. The number of hydrogen-bond donors (Lipinski definition) is 1. The minimum Gasteiger partial charge on any atom is -0.462 e. The van der Waals surface area contributed by atoms with Crippen molar-refractivity contribution in [3.63, 3.8) is 0 Å². The van der Waals surface area contributed by atoms with Gasteiger partial charge in [0.25, 0.3) is 5.91 Å². The largest absolute Gasteiger partial charge is 0.462 e. The summed E-state index contributed by atoms with van der Waals surface area (Å²) in [6, 6.07) is 16.8. The number of nitrogens with zero attached hydrogens (tertiary/aromatic N) is 1. The molecule has 0 spiro atoms. The highest BCUT2D eigenvalue weighted by molar-refractivity contribution is 9.10. The lowest BCUT2D eigenvalue weighted by molar-refractivity contribution is 0.0504. The van der Waals surface area contributed by atoms with Gasteiger partial charge in [-0.1, -0.05) is 47.1 Å². The minimum atomic E-state index is -0.390. The number of carbonyl (C=O) groups is 2. The molecule has 1 saturated heterocycles. The van der Waals surface area contributed by atoms with E-state index in [1.165, 1.54) is 0 Å². The molecule has 1 amide bonds. The Morgan fingerprint density at radius 1 is 1.03 bits per heavy atom. The van der Waals surface area contributed by atoms with E-state index in [1.54, 1.807) is 12.1 Å². The highest BCUT2D eigenvalue weighted by Gasteiger charge is 2.21. The smallest absolute Gasteiger partial charge is 0.340 e. The summed E-state index contributed by atoms with van der Waals surface area (Å²) in [6.45, 7) is 4.92. The van der Waals surface area contributed by atoms with Gasteiger partial charge in [-0.2, -0.15) is 0 Å². The summed E-state index contributed by atoms with van der Waals surface area (Å²) in [5.41, 5.74) is 2.35. The topological polar surface area (TPSA) is 67.9 Å². The Bertz CT molecular complexity index is 1140. The molecule has 1 heterocycles. The van der Waals surface area contributed by atoms with Crippen molar-refractivity contribution in [3.05, 3.63) is 70.2 Å². The summed E-state index contributed by atoms with van der Waals surface area (Å²) in [5, 5.41) is 4.76. The monoisotopic (exact) mass is 496 g/mol. The second-order valence-electron chi connectivity index (χ2n) is 7.56. The van der Waals surface area contributed by atoms with E-state index in [1.807, 2.05) is 49.4 Å². The number of ether oxygens (including phenoxy) is 2. The van der Waals surface area contributed by atoms with Gasteiger partial charge in [0.1, 0.15) is 0 Å². The molecule has 0 radical (unpaired) electrons. The maximum absolute atomic E-state index is 13.1. The maximum atomic E-state index is 13.1. The molecule has 6 nitrogen and oxygen atoms in total. The fourth-order valence-corrected chi connectivity index (χ4v) is 4.30. The predicted molar refractivity (Wildman–Crippen MR) is 130 cm³/mol. The van der Waals surface area contributed by atoms with Crippen LogP contribution in [0.5, 0.6) is 0 Å². The van der Waals surface area contributed by atoms with Gasteiger partial charge in [-0.3, -0.25) is 4.79 Å². The lowest BCUT2D eigenvalue weighted by atomic mass is 10.0. The number of fused-ring (bicyclic) bond motifs is 1. The average molecular weight is 497 g/mol. The van der Waals surface area contributed by atoms with Crippen LogP contribution in [-0.2, 0) is 9.47 Å². The molecule has 32 heavy (non-hydrogen) atoms. The molecule has 0 unspecified atom stereocenters. The molecule has 0 aliphatic carbocycles. The highest BCUT2D eigenvalue weighted by atomic mass is 79.9. The number of anilines is 2. The Morgan fingerprint density at radius 2 is 1.78 bits per heavy atom. The number of morpholine rings is 1. The molecule has 166 valence electrons. The van der Waals surface area contributed by atoms with E-state index in [0.29, 0.717) is 49.7 Å². The number of hydrogen-bond acceptors (Lipinski definition) is 5. The van der Waals surface area contributed by atoms with Gasteiger partial charge in [0.05, 0.1) is 31.1 Å². The molecule has 3 aromatic rings. The van der Waals surface area contributed by atoms with Crippen LogP contribution in [0, 0.1) is 0 Å². The van der Waals surface area contributed by atoms with E-state index >= 15 is 0 Å². The fourth-order valence-electron chi connectivity index (χ4n) is 3.80. The van der Waals surface area contributed by atoms with Gasteiger partial charge in [-0.15, -0.1) is 0 Å². The summed E-state index contributed by atoms with van der Waals surface area (Å²) < 4.78 is 11.8. The molecule has 4 rings (SSSR count). The quantitative estimate of drug-likeness (QED) is 0.471. The molecule has 1 N–H and O–H groups in total. The third-order valence-electron chi connectivity index (χ3n) is 5.38. The third-order valence-corrected chi connectivity index (χ3v) is 6.07. The van der Waals surface area contributed by atoms with Crippen molar-refractivity contribution < 1.29 is 19.1 Å². The first-order valence-electron chi connectivity index (χ1n) is 10.7. The van der Waals surface area contributed by atoms with Gasteiger partial charge in [0.15, 0.2) is 0 Å². The van der Waals surface area contributed by atoms with Crippen LogP contribution in [0.2, 0.25) is 0 Å². The minimum absolute atomic E-state index is 0.235. The van der Waals surface area contributed by atoms with Crippen molar-refractivity contribution in [1.82, 2.24) is 0 Å². The van der Waals surface area contributed by atoms with Crippen molar-refractivity contribution in [2.24, 2.45) is 0 Å². The van der Waals surface area contributed by atoms with Gasteiger partial charge in [-0.25, -0.2) is 4.79 Å². The Hall–Kier alpha value is -2.90. The van der Waals surface area contributed by atoms with Crippen LogP contribution in [0.25, 0.3) is 10.8 Å². The number of carbonyl (C=O) groups excluding carboxylic acids is 2. The van der Waals surface area contributed by atoms with Gasteiger partial charge in [-0.05, 0) is 47.5 Å². The number of nitrogens with one attached hydrogen (secondary N) is 1. The van der Waals surface area contributed by atoms with Crippen LogP contribution in [0.4, 0.5) is 11.4 Å². The van der Waals surface area contributed by atoms with E-state index in [2.05, 4.69) is 26.1 Å². The number of halogens is 1. The van der Waals surface area contributed by atoms with Crippen molar-refractivity contribution >= 4 is 50.0 Å². The molecule has 7 heteroatoms. The Kier molecular flexibility index (Phi) is 7.07. The van der Waals surface area contributed by atoms with Crippen LogP contribution in [0.3, 0.4) is 0 Å². The zero-order chi connectivity index (χ0) is 22.5. The molecule has 1 aliphatic rings. The van der Waals surface area contributed by atoms with Crippen LogP contribution < -0.4 is 10.2 Å². The standard InChI is InChI=1S/C25H25BrN2O4/c1-2-13-32-25(30)21-16-17(9-10-23(21)28-11-14-31-15-12-28)27-24(29)20-7-3-6-19-18(20)5-4-8-22(19)26/h3-10,16H,2,11-15H2,1H3,(H,27,29).